The molecule has 0 aliphatic heterocycles. The van der Waals surface area contributed by atoms with Crippen LogP contribution in [0, 0.1) is 5.92 Å². The van der Waals surface area contributed by atoms with Gasteiger partial charge < -0.3 is 10.2 Å². The highest BCUT2D eigenvalue weighted by Gasteiger charge is 2.16. The van der Waals surface area contributed by atoms with E-state index in [0.29, 0.717) is 6.42 Å². The number of carboxylic acid groups (broad SMARTS) is 1. The van der Waals surface area contributed by atoms with Gasteiger partial charge in [0.15, 0.2) is 0 Å². The summed E-state index contributed by atoms with van der Waals surface area (Å²) in [7, 11) is 0. The molecule has 0 radical (unpaired) electrons. The lowest BCUT2D eigenvalue weighted by Gasteiger charge is -2.13. The van der Waals surface area contributed by atoms with Gasteiger partial charge in [0.2, 0.25) is 0 Å². The van der Waals surface area contributed by atoms with Gasteiger partial charge in [-0.3, -0.25) is 0 Å². The number of carbonyl (C=O) groups is 1. The van der Waals surface area contributed by atoms with Crippen LogP contribution in [0.5, 0.6) is 0 Å². The van der Waals surface area contributed by atoms with Gasteiger partial charge in [0.1, 0.15) is 0 Å². The number of aliphatic hydroxyl groups excluding tert-OH is 1. The Morgan fingerprint density at radius 2 is 2.08 bits per heavy atom. The first kappa shape index (κ1) is 11.2. The first-order chi connectivity index (χ1) is 5.63. The van der Waals surface area contributed by atoms with Crippen LogP contribution in [0.25, 0.3) is 0 Å². The summed E-state index contributed by atoms with van der Waals surface area (Å²) >= 11 is 0. The van der Waals surface area contributed by atoms with E-state index in [2.05, 4.69) is 6.58 Å². The molecule has 12 heavy (non-hydrogen) atoms. The molecule has 1 unspecified atom stereocenters. The minimum atomic E-state index is -0.957. The normalized spacial score (nSPS) is 12.5. The summed E-state index contributed by atoms with van der Waals surface area (Å²) in [6.07, 6.45) is 2.20. The lowest BCUT2D eigenvalue weighted by molar-refractivity contribution is -0.133. The van der Waals surface area contributed by atoms with Crippen molar-refractivity contribution in [3.8, 4) is 0 Å². The summed E-state index contributed by atoms with van der Waals surface area (Å²) in [5.41, 5.74) is 0.214. The SMILES string of the molecule is C=C(C(=O)O)C(CCC)CCO. The van der Waals surface area contributed by atoms with Crippen molar-refractivity contribution in [2.75, 3.05) is 6.61 Å². The summed E-state index contributed by atoms with van der Waals surface area (Å²) < 4.78 is 0. The minimum absolute atomic E-state index is 0.0248. The number of carboxylic acids is 1. The van der Waals surface area contributed by atoms with Crippen LogP contribution in [0.2, 0.25) is 0 Å². The Kier molecular flexibility index (Phi) is 5.37. The molecular formula is C9H16O3. The maximum absolute atomic E-state index is 10.5. The Morgan fingerprint density at radius 1 is 1.50 bits per heavy atom. The van der Waals surface area contributed by atoms with Gasteiger partial charge in [0.05, 0.1) is 0 Å². The van der Waals surface area contributed by atoms with E-state index in [4.69, 9.17) is 10.2 Å². The van der Waals surface area contributed by atoms with Crippen molar-refractivity contribution in [3.05, 3.63) is 12.2 Å². The summed E-state index contributed by atoms with van der Waals surface area (Å²) in [6, 6.07) is 0. The highest BCUT2D eigenvalue weighted by atomic mass is 16.4. The highest BCUT2D eigenvalue weighted by Crippen LogP contribution is 2.19. The lowest BCUT2D eigenvalue weighted by Crippen LogP contribution is -2.13. The van der Waals surface area contributed by atoms with E-state index < -0.39 is 5.97 Å². The number of rotatable bonds is 6. The van der Waals surface area contributed by atoms with E-state index in [1.807, 2.05) is 6.92 Å². The molecule has 0 aromatic heterocycles. The maximum atomic E-state index is 10.5. The largest absolute Gasteiger partial charge is 0.478 e. The summed E-state index contributed by atoms with van der Waals surface area (Å²) in [4.78, 5) is 10.5. The molecule has 0 aliphatic rings. The molecule has 0 aromatic rings. The molecule has 0 saturated heterocycles. The van der Waals surface area contributed by atoms with E-state index in [0.717, 1.165) is 12.8 Å². The number of hydrogen-bond acceptors (Lipinski definition) is 2. The molecule has 3 nitrogen and oxygen atoms in total. The topological polar surface area (TPSA) is 57.5 Å². The van der Waals surface area contributed by atoms with Crippen LogP contribution in [0.3, 0.4) is 0 Å². The smallest absolute Gasteiger partial charge is 0.331 e. The molecular weight excluding hydrogens is 156 g/mol. The predicted molar refractivity (Wildman–Crippen MR) is 46.9 cm³/mol. The summed E-state index contributed by atoms with van der Waals surface area (Å²) in [5.74, 6) is -1.03. The Balaban J connectivity index is 4.08. The van der Waals surface area contributed by atoms with E-state index in [9.17, 15) is 4.79 Å². The first-order valence-electron chi connectivity index (χ1n) is 4.16. The second-order valence-electron chi connectivity index (χ2n) is 2.83. The van der Waals surface area contributed by atoms with Crippen LogP contribution < -0.4 is 0 Å². The maximum Gasteiger partial charge on any atom is 0.331 e. The number of aliphatic carboxylic acids is 1. The molecule has 0 rings (SSSR count). The minimum Gasteiger partial charge on any atom is -0.478 e. The molecule has 1 atom stereocenters. The molecule has 0 spiro atoms. The zero-order valence-electron chi connectivity index (χ0n) is 7.42. The van der Waals surface area contributed by atoms with Crippen molar-refractivity contribution in [2.45, 2.75) is 26.2 Å². The van der Waals surface area contributed by atoms with Crippen molar-refractivity contribution in [2.24, 2.45) is 5.92 Å². The fraction of sp³-hybridized carbons (Fsp3) is 0.667. The summed E-state index contributed by atoms with van der Waals surface area (Å²) in [6.45, 7) is 5.49. The highest BCUT2D eigenvalue weighted by molar-refractivity contribution is 5.86. The Morgan fingerprint density at radius 3 is 2.42 bits per heavy atom. The Labute approximate surface area is 72.7 Å². The molecule has 0 heterocycles. The number of aliphatic hydroxyl groups is 1. The van der Waals surface area contributed by atoms with Crippen LogP contribution in [0.4, 0.5) is 0 Å². The van der Waals surface area contributed by atoms with E-state index in [1.54, 1.807) is 0 Å². The van der Waals surface area contributed by atoms with Gasteiger partial charge in [-0.2, -0.15) is 0 Å². The van der Waals surface area contributed by atoms with Crippen molar-refractivity contribution in [3.63, 3.8) is 0 Å². The van der Waals surface area contributed by atoms with Gasteiger partial charge in [0.25, 0.3) is 0 Å². The standard InChI is InChI=1S/C9H16O3/c1-3-4-8(5-6-10)7(2)9(11)12/h8,10H,2-6H2,1H3,(H,11,12). The van der Waals surface area contributed by atoms with Gasteiger partial charge in [-0.25, -0.2) is 4.79 Å². The van der Waals surface area contributed by atoms with Crippen molar-refractivity contribution in [1.82, 2.24) is 0 Å². The average molecular weight is 172 g/mol. The van der Waals surface area contributed by atoms with E-state index in [1.165, 1.54) is 0 Å². The molecule has 0 aromatic carbocycles. The van der Waals surface area contributed by atoms with Gasteiger partial charge >= 0.3 is 5.97 Å². The van der Waals surface area contributed by atoms with Crippen molar-refractivity contribution >= 4 is 5.97 Å². The van der Waals surface area contributed by atoms with Gasteiger partial charge in [0, 0.05) is 12.2 Å². The monoisotopic (exact) mass is 172 g/mol. The molecule has 0 amide bonds. The molecule has 0 aliphatic carbocycles. The molecule has 2 N–H and O–H groups in total. The fourth-order valence-electron chi connectivity index (χ4n) is 1.17. The van der Waals surface area contributed by atoms with E-state index in [-0.39, 0.29) is 18.1 Å². The van der Waals surface area contributed by atoms with Crippen LogP contribution in [-0.2, 0) is 4.79 Å². The van der Waals surface area contributed by atoms with Crippen LogP contribution in [-0.4, -0.2) is 22.8 Å². The molecule has 70 valence electrons. The van der Waals surface area contributed by atoms with Crippen LogP contribution >= 0.6 is 0 Å². The lowest BCUT2D eigenvalue weighted by atomic mass is 9.92. The Hall–Kier alpha value is -0.830. The third-order valence-electron chi connectivity index (χ3n) is 1.88. The quantitative estimate of drug-likeness (QED) is 0.596. The van der Waals surface area contributed by atoms with E-state index >= 15 is 0 Å². The third kappa shape index (κ3) is 3.53. The number of hydrogen-bond donors (Lipinski definition) is 2. The molecule has 0 fully saturated rings. The Bertz CT molecular complexity index is 157. The second kappa shape index (κ2) is 5.77. The summed E-state index contributed by atoms with van der Waals surface area (Å²) in [5, 5.41) is 17.3. The van der Waals surface area contributed by atoms with Gasteiger partial charge in [-0.15, -0.1) is 0 Å². The van der Waals surface area contributed by atoms with Crippen molar-refractivity contribution < 1.29 is 15.0 Å². The zero-order valence-corrected chi connectivity index (χ0v) is 7.42. The van der Waals surface area contributed by atoms with Crippen molar-refractivity contribution in [1.29, 1.82) is 0 Å². The second-order valence-corrected chi connectivity index (χ2v) is 2.83. The van der Waals surface area contributed by atoms with Crippen LogP contribution in [0.15, 0.2) is 12.2 Å². The predicted octanol–water partition coefficient (Wildman–Crippen LogP) is 1.43. The molecule has 3 heteroatoms. The fourth-order valence-corrected chi connectivity index (χ4v) is 1.17. The molecule has 0 bridgehead atoms. The average Bonchev–Trinajstić information content (AvgIpc) is 2.03. The van der Waals surface area contributed by atoms with Gasteiger partial charge in [-0.05, 0) is 18.8 Å². The van der Waals surface area contributed by atoms with Crippen LogP contribution in [0.1, 0.15) is 26.2 Å². The molecule has 0 saturated carbocycles. The first-order valence-corrected chi connectivity index (χ1v) is 4.16. The zero-order chi connectivity index (χ0) is 9.56. The van der Waals surface area contributed by atoms with Gasteiger partial charge in [-0.1, -0.05) is 19.9 Å². The third-order valence-corrected chi connectivity index (χ3v) is 1.88.